The summed E-state index contributed by atoms with van der Waals surface area (Å²) in [4.78, 5) is 54.4. The molecule has 0 radical (unpaired) electrons. The number of sulfone groups is 1. The van der Waals surface area contributed by atoms with Crippen molar-refractivity contribution < 1.29 is 50.9 Å². The van der Waals surface area contributed by atoms with Gasteiger partial charge in [0.05, 0.1) is 30.0 Å². The first kappa shape index (κ1) is 46.3. The van der Waals surface area contributed by atoms with E-state index < -0.39 is 34.6 Å². The fourth-order valence-corrected chi connectivity index (χ4v) is 5.99. The Labute approximate surface area is 348 Å². The minimum absolute atomic E-state index is 0.0163. The number of halogens is 1. The van der Waals surface area contributed by atoms with Gasteiger partial charge in [0.1, 0.15) is 17.2 Å². The van der Waals surface area contributed by atoms with E-state index in [9.17, 15) is 32.0 Å². The standard InChI is InChI=1S/C37H38FN5O8S.C6H12O2/c1-23(37(2,3)4)34(45)50-22-51-36(46)43(30-17-16-29(52(6,47)48)20-31(30)49-5)35-40-32-18-11-26(21-42(32)41-35)25-9-14-28(15-10-25)39-33(44)19-24-7-12-27(38)13-8-24;1-5(7)8-6(2,3)4/h7-18,20-21,23H,19,22H2,1-6H3,(H,39,44);1-4H3/t23-;/m1./s1. The highest BCUT2D eigenvalue weighted by atomic mass is 32.2. The molecule has 0 aliphatic rings. The molecule has 1 atom stereocenters. The molecule has 0 aliphatic carbocycles. The van der Waals surface area contributed by atoms with Crippen molar-refractivity contribution in [2.75, 3.05) is 30.4 Å². The number of carbonyl (C=O) groups excluding carboxylic acids is 4. The topological polar surface area (TPSA) is 185 Å². The average molecular weight is 848 g/mol. The zero-order chi connectivity index (χ0) is 44.6. The van der Waals surface area contributed by atoms with Crippen LogP contribution in [-0.4, -0.2) is 72.7 Å². The van der Waals surface area contributed by atoms with Crippen LogP contribution >= 0.6 is 0 Å². The van der Waals surface area contributed by atoms with Gasteiger partial charge in [-0.3, -0.25) is 14.4 Å². The maximum absolute atomic E-state index is 13.6. The van der Waals surface area contributed by atoms with Gasteiger partial charge in [0.15, 0.2) is 15.5 Å². The molecule has 0 saturated heterocycles. The molecule has 5 rings (SSSR count). The Hall–Kier alpha value is -6.36. The van der Waals surface area contributed by atoms with Gasteiger partial charge in [0.25, 0.3) is 5.95 Å². The van der Waals surface area contributed by atoms with E-state index >= 15 is 0 Å². The van der Waals surface area contributed by atoms with Crippen molar-refractivity contribution in [3.63, 3.8) is 0 Å². The van der Waals surface area contributed by atoms with Crippen LogP contribution in [0.2, 0.25) is 0 Å². The number of pyridine rings is 1. The van der Waals surface area contributed by atoms with Gasteiger partial charge in [-0.1, -0.05) is 52.0 Å². The Bertz CT molecular complexity index is 2440. The van der Waals surface area contributed by atoms with Crippen LogP contribution in [0.1, 0.15) is 61.0 Å². The van der Waals surface area contributed by atoms with Crippen molar-refractivity contribution in [3.8, 4) is 16.9 Å². The molecule has 2 amide bonds. The van der Waals surface area contributed by atoms with E-state index in [2.05, 4.69) is 15.4 Å². The smallest absolute Gasteiger partial charge is 0.424 e. The van der Waals surface area contributed by atoms with Crippen LogP contribution in [0.4, 0.5) is 26.5 Å². The van der Waals surface area contributed by atoms with Gasteiger partial charge in [-0.25, -0.2) is 27.0 Å². The Morgan fingerprint density at radius 1 is 0.883 bits per heavy atom. The maximum atomic E-state index is 13.6. The molecule has 2 aromatic heterocycles. The summed E-state index contributed by atoms with van der Waals surface area (Å²) in [7, 11) is -2.31. The number of ether oxygens (including phenoxy) is 4. The lowest BCUT2D eigenvalue weighted by molar-refractivity contribution is -0.159. The second kappa shape index (κ2) is 19.1. The second-order valence-electron chi connectivity index (χ2n) is 15.8. The van der Waals surface area contributed by atoms with E-state index in [1.807, 2.05) is 53.7 Å². The third-order valence-corrected chi connectivity index (χ3v) is 9.90. The molecule has 0 saturated carbocycles. The molecule has 15 nitrogen and oxygen atoms in total. The van der Waals surface area contributed by atoms with Crippen molar-refractivity contribution in [1.82, 2.24) is 14.6 Å². The van der Waals surface area contributed by atoms with E-state index in [1.165, 1.54) is 48.9 Å². The number of amides is 2. The fraction of sp³-hybridized carbons (Fsp3) is 0.349. The van der Waals surface area contributed by atoms with Crippen molar-refractivity contribution in [3.05, 3.63) is 96.4 Å². The molecule has 320 valence electrons. The first-order valence-corrected chi connectivity index (χ1v) is 20.6. The van der Waals surface area contributed by atoms with Gasteiger partial charge in [0.2, 0.25) is 12.7 Å². The van der Waals surface area contributed by atoms with E-state index in [-0.39, 0.29) is 57.4 Å². The molecular formula is C43H50FN5O10S. The Kier molecular flexibility index (Phi) is 14.8. The van der Waals surface area contributed by atoms with E-state index in [0.717, 1.165) is 22.3 Å². The number of rotatable bonds is 11. The number of fused-ring (bicyclic) bond motifs is 1. The second-order valence-corrected chi connectivity index (χ2v) is 17.8. The van der Waals surface area contributed by atoms with Crippen LogP contribution < -0.4 is 15.0 Å². The summed E-state index contributed by atoms with van der Waals surface area (Å²) >= 11 is 0. The summed E-state index contributed by atoms with van der Waals surface area (Å²) in [5, 5.41) is 7.35. The highest BCUT2D eigenvalue weighted by molar-refractivity contribution is 7.90. The SMILES string of the molecule is CC(=O)OC(C)(C)C.COc1cc(S(C)(=O)=O)ccc1N(C(=O)OCOC(=O)[C@@H](C)C(C)(C)C)c1nc2ccc(-c3ccc(NC(=O)Cc4ccc(F)cc4)cc3)cn2n1. The van der Waals surface area contributed by atoms with Crippen LogP contribution in [0.5, 0.6) is 5.75 Å². The van der Waals surface area contributed by atoms with Crippen molar-refractivity contribution in [2.24, 2.45) is 11.3 Å². The summed E-state index contributed by atoms with van der Waals surface area (Å²) in [6.07, 6.45) is 1.81. The highest BCUT2D eigenvalue weighted by Gasteiger charge is 2.31. The fourth-order valence-electron chi connectivity index (χ4n) is 5.35. The molecule has 5 aromatic rings. The Balaban J connectivity index is 0.000000899. The minimum Gasteiger partial charge on any atom is -0.495 e. The predicted octanol–water partition coefficient (Wildman–Crippen LogP) is 7.93. The summed E-state index contributed by atoms with van der Waals surface area (Å²) in [5.41, 5.74) is 2.50. The number of methoxy groups -OCH3 is 1. The molecule has 60 heavy (non-hydrogen) atoms. The number of hydrogen-bond acceptors (Lipinski definition) is 12. The molecule has 3 aromatic carbocycles. The van der Waals surface area contributed by atoms with Crippen LogP contribution in [-0.2, 0) is 44.9 Å². The number of nitrogens with zero attached hydrogens (tertiary/aromatic N) is 4. The largest absolute Gasteiger partial charge is 0.495 e. The first-order valence-electron chi connectivity index (χ1n) is 18.7. The number of aromatic nitrogens is 3. The molecule has 1 N–H and O–H groups in total. The minimum atomic E-state index is -3.62. The molecule has 0 unspecified atom stereocenters. The predicted molar refractivity (Wildman–Crippen MR) is 223 cm³/mol. The van der Waals surface area contributed by atoms with Crippen molar-refractivity contribution >= 4 is 56.7 Å². The van der Waals surface area contributed by atoms with Gasteiger partial charge in [-0.15, -0.1) is 5.10 Å². The number of nitrogens with one attached hydrogen (secondary N) is 1. The van der Waals surface area contributed by atoms with Crippen molar-refractivity contribution in [2.45, 2.75) is 72.3 Å². The summed E-state index contributed by atoms with van der Waals surface area (Å²) in [5.74, 6) is -2.01. The quantitative estimate of drug-likeness (QED) is 0.100. The van der Waals surface area contributed by atoms with Gasteiger partial charge >= 0.3 is 18.0 Å². The number of benzene rings is 3. The zero-order valence-corrected chi connectivity index (χ0v) is 36.0. The van der Waals surface area contributed by atoms with Crippen LogP contribution in [0.25, 0.3) is 16.8 Å². The number of anilines is 3. The highest BCUT2D eigenvalue weighted by Crippen LogP contribution is 2.36. The summed E-state index contributed by atoms with van der Waals surface area (Å²) < 4.78 is 60.0. The molecule has 0 bridgehead atoms. The molecular weight excluding hydrogens is 798 g/mol. The Morgan fingerprint density at radius 2 is 1.52 bits per heavy atom. The molecule has 0 fully saturated rings. The lowest BCUT2D eigenvalue weighted by Gasteiger charge is -2.25. The van der Waals surface area contributed by atoms with E-state index in [1.54, 1.807) is 49.5 Å². The first-order chi connectivity index (χ1) is 27.9. The molecule has 0 spiro atoms. The molecule has 17 heteroatoms. The molecule has 2 heterocycles. The lowest BCUT2D eigenvalue weighted by Crippen LogP contribution is -2.31. The van der Waals surface area contributed by atoms with Gasteiger partial charge in [0, 0.05) is 36.7 Å². The summed E-state index contributed by atoms with van der Waals surface area (Å²) in [6.45, 7) is 13.6. The normalized spacial score (nSPS) is 12.1. The van der Waals surface area contributed by atoms with Crippen LogP contribution in [0.3, 0.4) is 0 Å². The number of esters is 2. The van der Waals surface area contributed by atoms with Crippen LogP contribution in [0.15, 0.2) is 90.0 Å². The van der Waals surface area contributed by atoms with E-state index in [4.69, 9.17) is 18.9 Å². The summed E-state index contributed by atoms with van der Waals surface area (Å²) in [6, 6.07) is 20.3. The third-order valence-electron chi connectivity index (χ3n) is 8.79. The van der Waals surface area contributed by atoms with Gasteiger partial charge in [-0.05, 0) is 85.8 Å². The van der Waals surface area contributed by atoms with E-state index in [0.29, 0.717) is 16.9 Å². The average Bonchev–Trinajstić information content (AvgIpc) is 3.57. The lowest BCUT2D eigenvalue weighted by atomic mass is 9.82. The van der Waals surface area contributed by atoms with Crippen LogP contribution in [0, 0.1) is 17.2 Å². The maximum Gasteiger partial charge on any atom is 0.424 e. The molecule has 0 aliphatic heterocycles. The van der Waals surface area contributed by atoms with Gasteiger partial charge in [-0.2, -0.15) is 4.98 Å². The number of hydrogen-bond donors (Lipinski definition) is 1. The van der Waals surface area contributed by atoms with Crippen molar-refractivity contribution in [1.29, 1.82) is 0 Å². The Morgan fingerprint density at radius 3 is 2.07 bits per heavy atom. The number of carbonyl (C=O) groups is 4. The third kappa shape index (κ3) is 13.1. The van der Waals surface area contributed by atoms with Gasteiger partial charge < -0.3 is 24.3 Å². The monoisotopic (exact) mass is 847 g/mol. The zero-order valence-electron chi connectivity index (χ0n) is 35.2.